The fourth-order valence-corrected chi connectivity index (χ4v) is 1.93. The van der Waals surface area contributed by atoms with Crippen molar-refractivity contribution in [2.75, 3.05) is 0 Å². The van der Waals surface area contributed by atoms with Crippen molar-refractivity contribution in [2.45, 2.75) is 12.7 Å². The van der Waals surface area contributed by atoms with E-state index >= 15 is 0 Å². The van der Waals surface area contributed by atoms with E-state index in [0.717, 1.165) is 10.0 Å². The quantitative estimate of drug-likeness (QED) is 0.772. The van der Waals surface area contributed by atoms with E-state index in [0.29, 0.717) is 5.56 Å². The third-order valence-electron chi connectivity index (χ3n) is 1.58. The molecule has 0 bridgehead atoms. The molecular formula is C8H8BrFO2S. The molecule has 0 saturated heterocycles. The van der Waals surface area contributed by atoms with Gasteiger partial charge < -0.3 is 0 Å². The molecule has 0 unspecified atom stereocenters. The van der Waals surface area contributed by atoms with E-state index in [1.165, 1.54) is 0 Å². The second-order valence-corrected chi connectivity index (χ2v) is 4.99. The van der Waals surface area contributed by atoms with E-state index in [1.54, 1.807) is 18.2 Å². The lowest BCUT2D eigenvalue weighted by Gasteiger charge is -2.00. The molecule has 0 fully saturated rings. The molecule has 0 atom stereocenters. The molecule has 0 radical (unpaired) electrons. The van der Waals surface area contributed by atoms with Crippen molar-refractivity contribution < 1.29 is 12.3 Å². The molecule has 0 heterocycles. The zero-order chi connectivity index (χ0) is 10.1. The van der Waals surface area contributed by atoms with Crippen LogP contribution >= 0.6 is 15.9 Å². The summed E-state index contributed by atoms with van der Waals surface area (Å²) in [5.41, 5.74) is 1.43. The first-order chi connectivity index (χ1) is 5.88. The molecule has 0 spiro atoms. The van der Waals surface area contributed by atoms with Crippen molar-refractivity contribution in [3.8, 4) is 0 Å². The highest BCUT2D eigenvalue weighted by Crippen LogP contribution is 2.19. The largest absolute Gasteiger partial charge is 0.306 e. The van der Waals surface area contributed by atoms with Gasteiger partial charge in [0.25, 0.3) is 0 Å². The van der Waals surface area contributed by atoms with E-state index < -0.39 is 16.0 Å². The Balaban J connectivity index is 2.99. The first kappa shape index (κ1) is 10.7. The van der Waals surface area contributed by atoms with Crippen LogP contribution in [0.2, 0.25) is 0 Å². The van der Waals surface area contributed by atoms with Crippen molar-refractivity contribution in [1.82, 2.24) is 0 Å². The Hall–Kier alpha value is -0.420. The van der Waals surface area contributed by atoms with Crippen molar-refractivity contribution in [2.24, 2.45) is 0 Å². The minimum atomic E-state index is -4.43. The standard InChI is InChI=1S/C8H8BrFO2S/c1-6-2-3-7(4-8(6)9)5-13(10,11)12/h2-4H,5H2,1H3. The molecule has 0 aliphatic carbocycles. The first-order valence-corrected chi connectivity index (χ1v) is 5.90. The third kappa shape index (κ3) is 3.44. The Morgan fingerprint density at radius 3 is 2.54 bits per heavy atom. The van der Waals surface area contributed by atoms with Crippen molar-refractivity contribution in [3.63, 3.8) is 0 Å². The van der Waals surface area contributed by atoms with Gasteiger partial charge in [0.15, 0.2) is 0 Å². The summed E-state index contributed by atoms with van der Waals surface area (Å²) >= 11 is 3.24. The van der Waals surface area contributed by atoms with Gasteiger partial charge >= 0.3 is 10.2 Å². The van der Waals surface area contributed by atoms with Crippen LogP contribution in [0, 0.1) is 6.92 Å². The summed E-state index contributed by atoms with van der Waals surface area (Å²) in [6, 6.07) is 4.94. The highest BCUT2D eigenvalue weighted by atomic mass is 79.9. The summed E-state index contributed by atoms with van der Waals surface area (Å²) in [6.07, 6.45) is 0. The molecule has 0 aromatic heterocycles. The second kappa shape index (κ2) is 3.75. The van der Waals surface area contributed by atoms with Crippen molar-refractivity contribution in [1.29, 1.82) is 0 Å². The summed E-state index contributed by atoms with van der Waals surface area (Å²) < 4.78 is 33.7. The average Bonchev–Trinajstić information content (AvgIpc) is 1.94. The molecule has 0 aliphatic heterocycles. The Kier molecular flexibility index (Phi) is 3.08. The van der Waals surface area contributed by atoms with E-state index in [2.05, 4.69) is 15.9 Å². The van der Waals surface area contributed by atoms with Gasteiger partial charge in [0.05, 0.1) is 0 Å². The maximum Gasteiger partial charge on any atom is 0.306 e. The summed E-state index contributed by atoms with van der Waals surface area (Å²) in [4.78, 5) is 0. The van der Waals surface area contributed by atoms with Gasteiger partial charge in [0, 0.05) is 4.47 Å². The fraction of sp³-hybridized carbons (Fsp3) is 0.250. The molecule has 1 aromatic rings. The Bertz CT molecular complexity index is 414. The lowest BCUT2D eigenvalue weighted by Crippen LogP contribution is -1.96. The predicted octanol–water partition coefficient (Wildman–Crippen LogP) is 2.56. The SMILES string of the molecule is Cc1ccc(CS(=O)(=O)F)cc1Br. The van der Waals surface area contributed by atoms with Crippen LogP contribution in [0.3, 0.4) is 0 Å². The van der Waals surface area contributed by atoms with E-state index in [4.69, 9.17) is 0 Å². The predicted molar refractivity (Wildman–Crippen MR) is 52.6 cm³/mol. The number of hydrogen-bond donors (Lipinski definition) is 0. The number of benzene rings is 1. The molecule has 0 amide bonds. The number of hydrogen-bond acceptors (Lipinski definition) is 2. The normalized spacial score (nSPS) is 11.6. The molecule has 1 aromatic carbocycles. The van der Waals surface area contributed by atoms with Crippen LogP contribution in [0.5, 0.6) is 0 Å². The van der Waals surface area contributed by atoms with Gasteiger partial charge in [-0.05, 0) is 24.1 Å². The van der Waals surface area contributed by atoms with E-state index in [-0.39, 0.29) is 0 Å². The van der Waals surface area contributed by atoms with Gasteiger partial charge in [-0.1, -0.05) is 28.1 Å². The highest BCUT2D eigenvalue weighted by Gasteiger charge is 2.09. The van der Waals surface area contributed by atoms with Gasteiger partial charge in [-0.15, -0.1) is 3.89 Å². The Labute approximate surface area is 85.1 Å². The van der Waals surface area contributed by atoms with Crippen LogP contribution in [0.15, 0.2) is 22.7 Å². The molecule has 2 nitrogen and oxygen atoms in total. The van der Waals surface area contributed by atoms with Gasteiger partial charge in [-0.25, -0.2) is 0 Å². The number of rotatable bonds is 2. The molecule has 0 aliphatic rings. The Morgan fingerprint density at radius 1 is 1.46 bits per heavy atom. The monoisotopic (exact) mass is 266 g/mol. The molecule has 13 heavy (non-hydrogen) atoms. The molecule has 0 N–H and O–H groups in total. The zero-order valence-electron chi connectivity index (χ0n) is 6.92. The van der Waals surface area contributed by atoms with Crippen LogP contribution in [0.1, 0.15) is 11.1 Å². The number of aryl methyl sites for hydroxylation is 1. The first-order valence-electron chi connectivity index (χ1n) is 3.56. The summed E-state index contributed by atoms with van der Waals surface area (Å²) in [5, 5.41) is 0. The highest BCUT2D eigenvalue weighted by molar-refractivity contribution is 9.10. The van der Waals surface area contributed by atoms with E-state index in [9.17, 15) is 12.3 Å². The lowest BCUT2D eigenvalue weighted by molar-refractivity contribution is 0.551. The van der Waals surface area contributed by atoms with Crippen LogP contribution in [0.4, 0.5) is 3.89 Å². The van der Waals surface area contributed by atoms with Crippen LogP contribution in [-0.4, -0.2) is 8.42 Å². The topological polar surface area (TPSA) is 34.1 Å². The second-order valence-electron chi connectivity index (χ2n) is 2.77. The Morgan fingerprint density at radius 2 is 2.08 bits per heavy atom. The van der Waals surface area contributed by atoms with Crippen LogP contribution in [-0.2, 0) is 16.0 Å². The number of halogens is 2. The molecular weight excluding hydrogens is 259 g/mol. The maximum absolute atomic E-state index is 12.3. The lowest BCUT2D eigenvalue weighted by atomic mass is 10.2. The molecule has 0 saturated carbocycles. The summed E-state index contributed by atoms with van der Waals surface area (Å²) in [7, 11) is -4.43. The average molecular weight is 267 g/mol. The van der Waals surface area contributed by atoms with Gasteiger partial charge in [0.2, 0.25) is 0 Å². The van der Waals surface area contributed by atoms with Crippen LogP contribution in [0.25, 0.3) is 0 Å². The maximum atomic E-state index is 12.3. The fourth-order valence-electron chi connectivity index (χ4n) is 0.925. The van der Waals surface area contributed by atoms with E-state index in [1.807, 2.05) is 6.92 Å². The smallest absolute Gasteiger partial charge is 0.194 e. The summed E-state index contributed by atoms with van der Waals surface area (Å²) in [6.45, 7) is 1.87. The van der Waals surface area contributed by atoms with Gasteiger partial charge in [-0.2, -0.15) is 8.42 Å². The minimum Gasteiger partial charge on any atom is -0.194 e. The molecule has 72 valence electrons. The van der Waals surface area contributed by atoms with Crippen molar-refractivity contribution in [3.05, 3.63) is 33.8 Å². The minimum absolute atomic E-state index is 0.444. The zero-order valence-corrected chi connectivity index (χ0v) is 9.32. The van der Waals surface area contributed by atoms with Crippen molar-refractivity contribution >= 4 is 26.2 Å². The summed E-state index contributed by atoms with van der Waals surface area (Å²) in [5.74, 6) is -0.564. The third-order valence-corrected chi connectivity index (χ3v) is 3.11. The van der Waals surface area contributed by atoms with Gasteiger partial charge in [0.1, 0.15) is 5.75 Å². The van der Waals surface area contributed by atoms with Gasteiger partial charge in [-0.3, -0.25) is 0 Å². The molecule has 1 rings (SSSR count). The molecule has 5 heteroatoms. The van der Waals surface area contributed by atoms with Crippen LogP contribution < -0.4 is 0 Å².